The van der Waals surface area contributed by atoms with Crippen molar-refractivity contribution >= 4 is 11.8 Å². The van der Waals surface area contributed by atoms with E-state index in [9.17, 15) is 0 Å². The molecule has 1 aromatic carbocycles. The number of benzene rings is 1. The molecule has 1 atom stereocenters. The molecule has 0 amide bonds. The summed E-state index contributed by atoms with van der Waals surface area (Å²) in [7, 11) is 0. The van der Waals surface area contributed by atoms with E-state index in [2.05, 4.69) is 81.8 Å². The molecule has 4 rings (SSSR count). The van der Waals surface area contributed by atoms with Gasteiger partial charge in [0.25, 0.3) is 0 Å². The molecule has 0 N–H and O–H groups in total. The van der Waals surface area contributed by atoms with E-state index in [0.717, 1.165) is 0 Å². The Morgan fingerprint density at radius 3 is 2.26 bits per heavy atom. The molecule has 0 aliphatic heterocycles. The molecule has 27 heavy (non-hydrogen) atoms. The van der Waals surface area contributed by atoms with E-state index < -0.39 is 0 Å². The molecule has 0 spiro atoms. The Hall–Kier alpha value is -0.986. The van der Waals surface area contributed by atoms with Crippen LogP contribution in [0.15, 0.2) is 57.1 Å². The molecule has 140 valence electrons. The van der Waals surface area contributed by atoms with E-state index in [4.69, 9.17) is 0 Å². The van der Waals surface area contributed by atoms with Crippen molar-refractivity contribution in [1.82, 2.24) is 4.57 Å². The van der Waals surface area contributed by atoms with Gasteiger partial charge in [0.2, 0.25) is 0 Å². The SMILES string of the molecule is CC1=C(C)C(C)=[C]([Ti+2][CH]2C(n3cc(C)cc3C)=Cc3ccccc32)C1.[Cl-].[Cl-]. The minimum Gasteiger partial charge on any atom is -1.00 e. The molecular weight excluding hydrogens is 409 g/mol. The summed E-state index contributed by atoms with van der Waals surface area (Å²) in [6.07, 6.45) is 5.93. The average Bonchev–Trinajstić information content (AvgIpc) is 3.19. The Balaban J connectivity index is 0.00000131. The van der Waals surface area contributed by atoms with Crippen LogP contribution in [0.2, 0.25) is 0 Å². The topological polar surface area (TPSA) is 4.93 Å². The number of rotatable bonds is 3. The zero-order valence-electron chi connectivity index (χ0n) is 16.5. The van der Waals surface area contributed by atoms with Crippen LogP contribution in [0.3, 0.4) is 0 Å². The van der Waals surface area contributed by atoms with E-state index in [0.29, 0.717) is 4.22 Å². The first-order valence-corrected chi connectivity index (χ1v) is 10.7. The molecular formula is C23H25Cl2NTi. The van der Waals surface area contributed by atoms with Crippen LogP contribution in [0.25, 0.3) is 11.8 Å². The van der Waals surface area contributed by atoms with E-state index in [-0.39, 0.29) is 44.0 Å². The zero-order chi connectivity index (χ0) is 17.7. The van der Waals surface area contributed by atoms with Gasteiger partial charge in [0, 0.05) is 0 Å². The predicted octanol–water partition coefficient (Wildman–Crippen LogP) is 0.262. The maximum Gasteiger partial charge on any atom is -1.00 e. The second-order valence-electron chi connectivity index (χ2n) is 7.49. The maximum absolute atomic E-state index is 2.43. The Morgan fingerprint density at radius 2 is 1.67 bits per heavy atom. The van der Waals surface area contributed by atoms with E-state index in [1.54, 1.807) is 15.0 Å². The molecule has 0 radical (unpaired) electrons. The number of hydrogen-bond donors (Lipinski definition) is 0. The fourth-order valence-electron chi connectivity index (χ4n) is 4.10. The van der Waals surface area contributed by atoms with Crippen LogP contribution >= 0.6 is 0 Å². The van der Waals surface area contributed by atoms with Crippen LogP contribution in [0, 0.1) is 13.8 Å². The van der Waals surface area contributed by atoms with Gasteiger partial charge < -0.3 is 24.8 Å². The van der Waals surface area contributed by atoms with E-state index >= 15 is 0 Å². The number of nitrogens with zero attached hydrogens (tertiary/aromatic N) is 1. The van der Waals surface area contributed by atoms with E-state index in [1.165, 1.54) is 40.1 Å². The molecule has 4 heteroatoms. The van der Waals surface area contributed by atoms with Crippen molar-refractivity contribution in [2.24, 2.45) is 0 Å². The van der Waals surface area contributed by atoms with Crippen molar-refractivity contribution in [3.05, 3.63) is 79.5 Å². The Labute approximate surface area is 184 Å². The van der Waals surface area contributed by atoms with Crippen LogP contribution in [0.4, 0.5) is 0 Å². The Kier molecular flexibility index (Phi) is 7.08. The van der Waals surface area contributed by atoms with Crippen molar-refractivity contribution in [2.75, 3.05) is 0 Å². The van der Waals surface area contributed by atoms with Gasteiger partial charge in [-0.15, -0.1) is 0 Å². The first-order chi connectivity index (χ1) is 12.0. The predicted molar refractivity (Wildman–Crippen MR) is 103 cm³/mol. The summed E-state index contributed by atoms with van der Waals surface area (Å²) < 4.78 is 4.75. The summed E-state index contributed by atoms with van der Waals surface area (Å²) >= 11 is -0.252. The van der Waals surface area contributed by atoms with Crippen molar-refractivity contribution < 1.29 is 44.0 Å². The third-order valence-corrected chi connectivity index (χ3v) is 8.55. The molecule has 0 saturated heterocycles. The second kappa shape index (κ2) is 8.58. The summed E-state index contributed by atoms with van der Waals surface area (Å²) in [6.45, 7) is 11.3. The number of aromatic nitrogens is 1. The summed E-state index contributed by atoms with van der Waals surface area (Å²) in [5.74, 6) is 0. The third-order valence-electron chi connectivity index (χ3n) is 5.75. The summed E-state index contributed by atoms with van der Waals surface area (Å²) in [4.78, 5) is 0. The smallest absolute Gasteiger partial charge is 1.00 e. The molecule has 2 aromatic rings. The quantitative estimate of drug-likeness (QED) is 0.612. The Morgan fingerprint density at radius 1 is 0.963 bits per heavy atom. The first-order valence-electron chi connectivity index (χ1n) is 9.05. The normalized spacial score (nSPS) is 18.0. The fourth-order valence-corrected chi connectivity index (χ4v) is 7.08. The minimum absolute atomic E-state index is 0. The van der Waals surface area contributed by atoms with E-state index in [1.807, 2.05) is 0 Å². The van der Waals surface area contributed by atoms with Crippen LogP contribution in [0.5, 0.6) is 0 Å². The second-order valence-corrected chi connectivity index (χ2v) is 9.78. The van der Waals surface area contributed by atoms with Crippen LogP contribution in [-0.2, 0) is 19.2 Å². The molecule has 0 saturated carbocycles. The van der Waals surface area contributed by atoms with Gasteiger partial charge in [-0.05, 0) is 0 Å². The standard InChI is InChI=1S/C15H14N.C8H11.2ClH.Ti/c1-11-7-12(2)16(10-11)15-8-13-5-3-4-6-14(13)9-15;1-6-4-5-7(2)8(6)3;;;/h3-10H,1-2H3;4H2,1-3H3;2*1H;/q;;;;+2/p-2. The molecule has 1 aromatic heterocycles. The van der Waals surface area contributed by atoms with Crippen LogP contribution < -0.4 is 24.8 Å². The van der Waals surface area contributed by atoms with Gasteiger partial charge in [-0.3, -0.25) is 0 Å². The number of hydrogen-bond acceptors (Lipinski definition) is 0. The molecule has 1 nitrogen and oxygen atoms in total. The van der Waals surface area contributed by atoms with Crippen LogP contribution in [-0.4, -0.2) is 4.57 Å². The van der Waals surface area contributed by atoms with Crippen molar-refractivity contribution in [3.8, 4) is 0 Å². The molecule has 0 bridgehead atoms. The summed E-state index contributed by atoms with van der Waals surface area (Å²) in [5, 5.41) is 0. The first kappa shape index (κ1) is 22.3. The van der Waals surface area contributed by atoms with Crippen molar-refractivity contribution in [1.29, 1.82) is 0 Å². The van der Waals surface area contributed by atoms with Gasteiger partial charge in [0.1, 0.15) is 0 Å². The molecule has 1 unspecified atom stereocenters. The molecule has 2 aliphatic rings. The van der Waals surface area contributed by atoms with Gasteiger partial charge in [-0.25, -0.2) is 0 Å². The molecule has 0 fully saturated rings. The molecule has 1 heterocycles. The third kappa shape index (κ3) is 3.94. The number of fused-ring (bicyclic) bond motifs is 1. The van der Waals surface area contributed by atoms with Gasteiger partial charge in [0.15, 0.2) is 0 Å². The molecule has 2 aliphatic carbocycles. The maximum atomic E-state index is 2.43. The monoisotopic (exact) mass is 433 g/mol. The van der Waals surface area contributed by atoms with Crippen LogP contribution in [0.1, 0.15) is 53.8 Å². The summed E-state index contributed by atoms with van der Waals surface area (Å²) in [5.41, 5.74) is 11.8. The largest absolute Gasteiger partial charge is 1.00 e. The van der Waals surface area contributed by atoms with Gasteiger partial charge in [-0.1, -0.05) is 0 Å². The van der Waals surface area contributed by atoms with Gasteiger partial charge in [0.05, 0.1) is 0 Å². The minimum atomic E-state index is -0.252. The average molecular weight is 434 g/mol. The number of aryl methyl sites for hydroxylation is 2. The fraction of sp³-hybridized carbons (Fsp3) is 0.304. The summed E-state index contributed by atoms with van der Waals surface area (Å²) in [6, 6.07) is 11.3. The van der Waals surface area contributed by atoms with Gasteiger partial charge >= 0.3 is 160 Å². The number of halogens is 2. The van der Waals surface area contributed by atoms with Gasteiger partial charge in [-0.2, -0.15) is 0 Å². The van der Waals surface area contributed by atoms with Crippen molar-refractivity contribution in [3.63, 3.8) is 0 Å². The Bertz CT molecular complexity index is 963. The number of allylic oxidation sites excluding steroid dienone is 5. The van der Waals surface area contributed by atoms with Crippen molar-refractivity contribution in [2.45, 2.75) is 45.3 Å². The zero-order valence-corrected chi connectivity index (χ0v) is 19.6.